The number of carboxylic acids is 3. The fourth-order valence-corrected chi connectivity index (χ4v) is 5.72. The van der Waals surface area contributed by atoms with Gasteiger partial charge >= 0.3 is 23.9 Å². The zero-order valence-electron chi connectivity index (χ0n) is 24.8. The lowest BCUT2D eigenvalue weighted by molar-refractivity contribution is 0.0682. The van der Waals surface area contributed by atoms with Gasteiger partial charge in [-0.15, -0.1) is 10.2 Å². The zero-order valence-corrected chi connectivity index (χ0v) is 26.4. The number of rotatable bonds is 11. The summed E-state index contributed by atoms with van der Waals surface area (Å²) in [6, 6.07) is 9.12. The van der Waals surface area contributed by atoms with Crippen molar-refractivity contribution in [2.45, 2.75) is 9.79 Å². The molecule has 5 rings (SSSR count). The minimum absolute atomic E-state index is 0.169. The van der Waals surface area contributed by atoms with Crippen LogP contribution in [0.1, 0.15) is 31.1 Å². The third kappa shape index (κ3) is 7.75. The van der Waals surface area contributed by atoms with Crippen molar-refractivity contribution in [3.8, 4) is 11.8 Å². The highest BCUT2D eigenvalue weighted by molar-refractivity contribution is 7.86. The highest BCUT2D eigenvalue weighted by Gasteiger charge is 2.26. The molecular weight excluding hydrogens is 722 g/mol. The van der Waals surface area contributed by atoms with E-state index in [1.54, 1.807) is 0 Å². The van der Waals surface area contributed by atoms with Gasteiger partial charge in [0.15, 0.2) is 5.75 Å². The molecule has 1 aromatic heterocycles. The van der Waals surface area contributed by atoms with Crippen molar-refractivity contribution in [3.05, 3.63) is 77.4 Å². The van der Waals surface area contributed by atoms with E-state index in [1.165, 1.54) is 18.2 Å². The van der Waals surface area contributed by atoms with Gasteiger partial charge in [-0.05, 0) is 53.9 Å². The van der Waals surface area contributed by atoms with Gasteiger partial charge in [0.2, 0.25) is 11.9 Å². The summed E-state index contributed by atoms with van der Waals surface area (Å²) in [6.07, 6.45) is 0. The zero-order chi connectivity index (χ0) is 37.4. The molecule has 0 radical (unpaired) electrons. The molecular formula is C28H19N7O14S2. The van der Waals surface area contributed by atoms with Crippen LogP contribution in [0.2, 0.25) is 0 Å². The van der Waals surface area contributed by atoms with Gasteiger partial charge in [0.05, 0.1) is 27.3 Å². The number of phenols is 1. The molecule has 0 unspecified atom stereocenters. The summed E-state index contributed by atoms with van der Waals surface area (Å²) in [5, 5.41) is 61.1. The predicted molar refractivity (Wildman–Crippen MR) is 171 cm³/mol. The third-order valence-corrected chi connectivity index (χ3v) is 8.34. The van der Waals surface area contributed by atoms with E-state index in [0.29, 0.717) is 6.07 Å². The standard InChI is InChI=1S/C28H19N7O14S2/c36-22-20-11(9-19(51(47,48)49)21(22)35-34-17-4-2-1-3-16(17)25(41)42)8-15(50(44,45)46)10-18(20)30-27-31-26(32-28(43)33-27)29-14-6-12(23(37)38)5-13(7-14)24(39)40/h1-10,36H,(H,37,38)(H,39,40)(H,41,42)(H,44,45,46)(H,47,48,49)(H3,29,30,31,32,33,43)/b35-34+. The first-order valence-corrected chi connectivity index (χ1v) is 16.3. The van der Waals surface area contributed by atoms with E-state index in [4.69, 9.17) is 0 Å². The molecule has 0 fully saturated rings. The van der Waals surface area contributed by atoms with E-state index in [-0.39, 0.29) is 16.9 Å². The van der Waals surface area contributed by atoms with Crippen molar-refractivity contribution in [1.29, 1.82) is 0 Å². The number of hydrogen-bond acceptors (Lipinski definition) is 16. The maximum atomic E-state index is 12.4. The van der Waals surface area contributed by atoms with E-state index >= 15 is 0 Å². The number of benzene rings is 4. The molecule has 23 heteroatoms. The van der Waals surface area contributed by atoms with Crippen LogP contribution in [0.15, 0.2) is 80.7 Å². The summed E-state index contributed by atoms with van der Waals surface area (Å²) in [6.45, 7) is 0. The molecule has 0 aliphatic carbocycles. The number of hydrogen-bond donors (Lipinski definition) is 9. The summed E-state index contributed by atoms with van der Waals surface area (Å²) in [4.78, 5) is 43.8. The molecule has 21 nitrogen and oxygen atoms in total. The largest absolute Gasteiger partial charge is 0.505 e. The van der Waals surface area contributed by atoms with Crippen LogP contribution in [0.25, 0.3) is 10.8 Å². The van der Waals surface area contributed by atoms with Gasteiger partial charge < -0.3 is 36.2 Å². The van der Waals surface area contributed by atoms with E-state index in [2.05, 4.69) is 35.8 Å². The summed E-state index contributed by atoms with van der Waals surface area (Å²) >= 11 is 0. The van der Waals surface area contributed by atoms with Crippen LogP contribution in [0.5, 0.6) is 11.8 Å². The van der Waals surface area contributed by atoms with Crippen LogP contribution in [0.4, 0.5) is 34.6 Å². The third-order valence-electron chi connectivity index (χ3n) is 6.64. The molecule has 0 amide bonds. The first kappa shape index (κ1) is 35.5. The van der Waals surface area contributed by atoms with Crippen LogP contribution < -0.4 is 10.6 Å². The normalized spacial score (nSPS) is 11.8. The summed E-state index contributed by atoms with van der Waals surface area (Å²) in [5.41, 5.74) is -3.17. The lowest BCUT2D eigenvalue weighted by atomic mass is 10.1. The second-order valence-corrected chi connectivity index (χ2v) is 12.9. The highest BCUT2D eigenvalue weighted by atomic mass is 32.2. The smallest absolute Gasteiger partial charge is 0.337 e. The number of nitrogens with one attached hydrogen (secondary N) is 2. The number of nitrogens with zero attached hydrogens (tertiary/aromatic N) is 5. The van der Waals surface area contributed by atoms with Gasteiger partial charge in [0.1, 0.15) is 16.3 Å². The summed E-state index contributed by atoms with van der Waals surface area (Å²) < 4.78 is 68.8. The number of phenolic OH excluding ortho intramolecular Hbond substituents is 1. The molecule has 9 N–H and O–H groups in total. The van der Waals surface area contributed by atoms with Crippen molar-refractivity contribution < 1.29 is 65.9 Å². The van der Waals surface area contributed by atoms with Crippen LogP contribution in [0.3, 0.4) is 0 Å². The second kappa shape index (κ2) is 13.2. The average Bonchev–Trinajstić information content (AvgIpc) is 3.02. The van der Waals surface area contributed by atoms with E-state index in [0.717, 1.165) is 36.4 Å². The Balaban J connectivity index is 1.69. The predicted octanol–water partition coefficient (Wildman–Crippen LogP) is 3.93. The number of azo groups is 1. The van der Waals surface area contributed by atoms with Crippen molar-refractivity contribution in [2.24, 2.45) is 10.2 Å². The van der Waals surface area contributed by atoms with E-state index in [9.17, 15) is 65.9 Å². The quantitative estimate of drug-likeness (QED) is 0.0683. The second-order valence-electron chi connectivity index (χ2n) is 10.1. The molecule has 0 aliphatic heterocycles. The monoisotopic (exact) mass is 741 g/mol. The summed E-state index contributed by atoms with van der Waals surface area (Å²) in [5.74, 6) is -6.61. The van der Waals surface area contributed by atoms with Crippen LogP contribution in [-0.4, -0.2) is 84.3 Å². The van der Waals surface area contributed by atoms with Crippen molar-refractivity contribution in [3.63, 3.8) is 0 Å². The fraction of sp³-hybridized carbons (Fsp3) is 0. The van der Waals surface area contributed by atoms with Gasteiger partial charge in [0.25, 0.3) is 20.2 Å². The maximum Gasteiger partial charge on any atom is 0.337 e. The van der Waals surface area contributed by atoms with E-state index < -0.39 is 105 Å². The van der Waals surface area contributed by atoms with Gasteiger partial charge in [-0.25, -0.2) is 14.4 Å². The highest BCUT2D eigenvalue weighted by Crippen LogP contribution is 2.46. The number of aromatic carboxylic acids is 3. The van der Waals surface area contributed by atoms with Gasteiger partial charge in [-0.2, -0.15) is 31.8 Å². The van der Waals surface area contributed by atoms with Crippen LogP contribution in [-0.2, 0) is 20.2 Å². The Morgan fingerprint density at radius 2 is 1.29 bits per heavy atom. The van der Waals surface area contributed by atoms with Crippen molar-refractivity contribution in [1.82, 2.24) is 15.0 Å². The molecule has 4 aromatic carbocycles. The first-order valence-electron chi connectivity index (χ1n) is 13.5. The molecule has 5 aromatic rings. The number of carbonyl (C=O) groups is 3. The topological polar surface area (TPSA) is 349 Å². The fourth-order valence-electron chi connectivity index (χ4n) is 4.52. The Labute approximate surface area is 283 Å². The molecule has 0 spiro atoms. The van der Waals surface area contributed by atoms with Gasteiger partial charge in [0, 0.05) is 11.1 Å². The number of aromatic nitrogens is 3. The Kier molecular flexibility index (Phi) is 9.21. The Morgan fingerprint density at radius 1 is 0.686 bits per heavy atom. The Morgan fingerprint density at radius 3 is 1.86 bits per heavy atom. The van der Waals surface area contributed by atoms with Gasteiger partial charge in [-0.1, -0.05) is 12.1 Å². The molecule has 1 heterocycles. The maximum absolute atomic E-state index is 12.4. The first-order chi connectivity index (χ1) is 23.8. The Hall–Kier alpha value is -6.82. The van der Waals surface area contributed by atoms with Crippen LogP contribution >= 0.6 is 0 Å². The lowest BCUT2D eigenvalue weighted by Gasteiger charge is -2.15. The average molecular weight is 742 g/mol. The van der Waals surface area contributed by atoms with Gasteiger partial charge in [-0.3, -0.25) is 9.11 Å². The number of fused-ring (bicyclic) bond motifs is 1. The minimum Gasteiger partial charge on any atom is -0.505 e. The minimum atomic E-state index is -5.27. The molecule has 0 atom stereocenters. The SMILES string of the molecule is O=C(O)c1cc(Nc2nc(O)nc(Nc3cc(S(=O)(=O)O)cc4cc(S(=O)(=O)O)c(/N=N/c5ccccc5C(=O)O)c(O)c34)n2)cc(C(=O)O)c1. The Bertz CT molecular complexity index is 2530. The van der Waals surface area contributed by atoms with Crippen LogP contribution in [0, 0.1) is 0 Å². The lowest BCUT2D eigenvalue weighted by Crippen LogP contribution is -2.07. The van der Waals surface area contributed by atoms with Crippen molar-refractivity contribution in [2.75, 3.05) is 10.6 Å². The molecule has 262 valence electrons. The number of aromatic hydroxyl groups is 2. The number of carboxylic acid groups (broad SMARTS) is 3. The summed E-state index contributed by atoms with van der Waals surface area (Å²) in [7, 11) is -10.3. The van der Waals surface area contributed by atoms with E-state index in [1.807, 2.05) is 0 Å². The van der Waals surface area contributed by atoms with Crippen molar-refractivity contribution >= 4 is 83.6 Å². The number of anilines is 4. The molecule has 0 bridgehead atoms. The molecule has 0 saturated carbocycles. The molecule has 0 saturated heterocycles. The molecule has 51 heavy (non-hydrogen) atoms. The molecule has 0 aliphatic rings.